The Labute approximate surface area is 97.1 Å². The molecule has 2 unspecified atom stereocenters. The van der Waals surface area contributed by atoms with Gasteiger partial charge in [-0.3, -0.25) is 0 Å². The molecule has 1 aromatic carbocycles. The molecule has 1 aromatic rings. The van der Waals surface area contributed by atoms with Gasteiger partial charge < -0.3 is 10.4 Å². The predicted octanol–water partition coefficient (Wildman–Crippen LogP) is 2.06. The monoisotopic (exact) mass is 227 g/mol. The van der Waals surface area contributed by atoms with Gasteiger partial charge in [0.2, 0.25) is 0 Å². The summed E-state index contributed by atoms with van der Waals surface area (Å²) in [6.45, 7) is 4.21. The maximum atomic E-state index is 9.90. The lowest BCUT2D eigenvalue weighted by atomic mass is 10.1. The summed E-state index contributed by atoms with van der Waals surface area (Å²) in [5, 5.41) is 13.3. The predicted molar refractivity (Wildman–Crippen MR) is 64.4 cm³/mol. The first-order valence-electron chi connectivity index (χ1n) is 5.20. The van der Waals surface area contributed by atoms with Crippen LogP contribution in [0.5, 0.6) is 0 Å². The molecular formula is C12H18ClNO. The van der Waals surface area contributed by atoms with Gasteiger partial charge in [0.1, 0.15) is 0 Å². The van der Waals surface area contributed by atoms with Gasteiger partial charge in [-0.1, -0.05) is 38.1 Å². The number of hydrogen-bond donors (Lipinski definition) is 2. The van der Waals surface area contributed by atoms with Crippen molar-refractivity contribution >= 4 is 12.4 Å². The Hall–Kier alpha value is -0.570. The van der Waals surface area contributed by atoms with Crippen LogP contribution in [0, 0.1) is 0 Å². The van der Waals surface area contributed by atoms with Crippen molar-refractivity contribution in [3.05, 3.63) is 35.4 Å². The molecule has 1 aliphatic carbocycles. The van der Waals surface area contributed by atoms with Crippen molar-refractivity contribution in [3.8, 4) is 0 Å². The minimum absolute atomic E-state index is 0. The van der Waals surface area contributed by atoms with Gasteiger partial charge in [0.25, 0.3) is 0 Å². The van der Waals surface area contributed by atoms with Crippen molar-refractivity contribution in [2.75, 3.05) is 0 Å². The van der Waals surface area contributed by atoms with Crippen molar-refractivity contribution < 1.29 is 5.11 Å². The second-order valence-corrected chi connectivity index (χ2v) is 4.27. The molecule has 0 fully saturated rings. The number of aliphatic hydroxyl groups is 1. The number of nitrogens with one attached hydrogen (secondary N) is 1. The Balaban J connectivity index is 0.00000112. The van der Waals surface area contributed by atoms with Gasteiger partial charge in [0.15, 0.2) is 0 Å². The number of aliphatic hydroxyl groups excluding tert-OH is 1. The van der Waals surface area contributed by atoms with E-state index >= 15 is 0 Å². The number of fused-ring (bicyclic) bond motifs is 1. The highest BCUT2D eigenvalue weighted by Gasteiger charge is 2.30. The molecule has 0 radical (unpaired) electrons. The Bertz CT molecular complexity index is 327. The first-order chi connectivity index (χ1) is 6.68. The molecule has 0 saturated heterocycles. The molecule has 2 N–H and O–H groups in total. The molecule has 0 heterocycles. The fourth-order valence-electron chi connectivity index (χ4n) is 2.13. The van der Waals surface area contributed by atoms with E-state index in [0.29, 0.717) is 6.04 Å². The zero-order valence-electron chi connectivity index (χ0n) is 9.10. The molecule has 2 nitrogen and oxygen atoms in total. The van der Waals surface area contributed by atoms with Crippen molar-refractivity contribution in [1.29, 1.82) is 0 Å². The average Bonchev–Trinajstić information content (AvgIpc) is 2.43. The van der Waals surface area contributed by atoms with E-state index < -0.39 is 0 Å². The summed E-state index contributed by atoms with van der Waals surface area (Å²) in [7, 11) is 0. The van der Waals surface area contributed by atoms with Gasteiger partial charge in [-0.05, 0) is 11.1 Å². The van der Waals surface area contributed by atoms with Crippen LogP contribution >= 0.6 is 12.4 Å². The van der Waals surface area contributed by atoms with Crippen molar-refractivity contribution in [2.45, 2.75) is 38.5 Å². The topological polar surface area (TPSA) is 32.3 Å². The summed E-state index contributed by atoms with van der Waals surface area (Å²) in [6.07, 6.45) is 0.510. The second kappa shape index (κ2) is 4.97. The number of benzene rings is 1. The zero-order chi connectivity index (χ0) is 10.1. The normalized spacial score (nSPS) is 23.7. The summed E-state index contributed by atoms with van der Waals surface area (Å²) in [5.74, 6) is 0. The maximum Gasteiger partial charge on any atom is 0.0775 e. The van der Waals surface area contributed by atoms with E-state index in [2.05, 4.69) is 31.3 Å². The van der Waals surface area contributed by atoms with Crippen LogP contribution in [0.3, 0.4) is 0 Å². The molecule has 2 atom stereocenters. The molecule has 0 aromatic heterocycles. The molecular weight excluding hydrogens is 210 g/mol. The van der Waals surface area contributed by atoms with E-state index in [9.17, 15) is 5.11 Å². The Morgan fingerprint density at radius 2 is 2.00 bits per heavy atom. The SMILES string of the molecule is CC(C)NC1c2ccccc2CC1O.Cl. The third kappa shape index (κ3) is 2.51. The second-order valence-electron chi connectivity index (χ2n) is 4.27. The van der Waals surface area contributed by atoms with E-state index in [0.717, 1.165) is 6.42 Å². The van der Waals surface area contributed by atoms with Crippen molar-refractivity contribution in [3.63, 3.8) is 0 Å². The first-order valence-corrected chi connectivity index (χ1v) is 5.20. The molecule has 15 heavy (non-hydrogen) atoms. The summed E-state index contributed by atoms with van der Waals surface area (Å²) < 4.78 is 0. The first kappa shape index (κ1) is 12.5. The molecule has 84 valence electrons. The largest absolute Gasteiger partial charge is 0.391 e. The molecule has 2 rings (SSSR count). The molecule has 0 amide bonds. The van der Waals surface area contributed by atoms with Gasteiger partial charge in [0, 0.05) is 12.5 Å². The molecule has 0 aliphatic heterocycles. The van der Waals surface area contributed by atoms with Gasteiger partial charge in [-0.25, -0.2) is 0 Å². The number of halogens is 1. The fourth-order valence-corrected chi connectivity index (χ4v) is 2.13. The van der Waals surface area contributed by atoms with Crippen LogP contribution in [-0.4, -0.2) is 17.3 Å². The molecule has 1 aliphatic rings. The van der Waals surface area contributed by atoms with E-state index in [-0.39, 0.29) is 24.6 Å². The minimum Gasteiger partial charge on any atom is -0.391 e. The van der Waals surface area contributed by atoms with Crippen LogP contribution in [-0.2, 0) is 6.42 Å². The third-order valence-corrected chi connectivity index (χ3v) is 2.72. The highest BCUT2D eigenvalue weighted by molar-refractivity contribution is 5.85. The lowest BCUT2D eigenvalue weighted by molar-refractivity contribution is 0.137. The van der Waals surface area contributed by atoms with Crippen LogP contribution < -0.4 is 5.32 Å². The molecule has 0 saturated carbocycles. The quantitative estimate of drug-likeness (QED) is 0.811. The van der Waals surface area contributed by atoms with Gasteiger partial charge in [-0.15, -0.1) is 12.4 Å². The van der Waals surface area contributed by atoms with E-state index in [1.165, 1.54) is 11.1 Å². The lowest BCUT2D eigenvalue weighted by Crippen LogP contribution is -2.33. The van der Waals surface area contributed by atoms with Gasteiger partial charge >= 0.3 is 0 Å². The zero-order valence-corrected chi connectivity index (χ0v) is 9.92. The minimum atomic E-state index is -0.269. The Morgan fingerprint density at radius 3 is 2.67 bits per heavy atom. The van der Waals surface area contributed by atoms with E-state index in [1.54, 1.807) is 0 Å². The lowest BCUT2D eigenvalue weighted by Gasteiger charge is -2.20. The summed E-state index contributed by atoms with van der Waals surface area (Å²) >= 11 is 0. The molecule has 0 bridgehead atoms. The fraction of sp³-hybridized carbons (Fsp3) is 0.500. The van der Waals surface area contributed by atoms with Crippen LogP contribution in [0.15, 0.2) is 24.3 Å². The number of rotatable bonds is 2. The summed E-state index contributed by atoms with van der Waals surface area (Å²) in [5.41, 5.74) is 2.53. The van der Waals surface area contributed by atoms with Crippen LogP contribution in [0.25, 0.3) is 0 Å². The summed E-state index contributed by atoms with van der Waals surface area (Å²) in [4.78, 5) is 0. The molecule has 3 heteroatoms. The van der Waals surface area contributed by atoms with E-state index in [1.807, 2.05) is 12.1 Å². The third-order valence-electron chi connectivity index (χ3n) is 2.72. The van der Waals surface area contributed by atoms with Crippen LogP contribution in [0.1, 0.15) is 31.0 Å². The molecule has 0 spiro atoms. The summed E-state index contributed by atoms with van der Waals surface area (Å²) in [6, 6.07) is 8.79. The maximum absolute atomic E-state index is 9.90. The van der Waals surface area contributed by atoms with Crippen LogP contribution in [0.4, 0.5) is 0 Å². The van der Waals surface area contributed by atoms with Gasteiger partial charge in [0.05, 0.1) is 12.1 Å². The Kier molecular flexibility index (Phi) is 4.14. The average molecular weight is 228 g/mol. The van der Waals surface area contributed by atoms with Crippen molar-refractivity contribution in [2.24, 2.45) is 0 Å². The smallest absolute Gasteiger partial charge is 0.0775 e. The highest BCUT2D eigenvalue weighted by Crippen LogP contribution is 2.31. The highest BCUT2D eigenvalue weighted by atomic mass is 35.5. The Morgan fingerprint density at radius 1 is 1.33 bits per heavy atom. The number of hydrogen-bond acceptors (Lipinski definition) is 2. The van der Waals surface area contributed by atoms with Gasteiger partial charge in [-0.2, -0.15) is 0 Å². The standard InChI is InChI=1S/C12H17NO.ClH/c1-8(2)13-12-10-6-4-3-5-9(10)7-11(12)14;/h3-6,8,11-14H,7H2,1-2H3;1H. The van der Waals surface area contributed by atoms with Crippen LogP contribution in [0.2, 0.25) is 0 Å². The van der Waals surface area contributed by atoms with E-state index in [4.69, 9.17) is 0 Å². The van der Waals surface area contributed by atoms with Crippen molar-refractivity contribution in [1.82, 2.24) is 5.32 Å².